The second-order valence-corrected chi connectivity index (χ2v) is 7.15. The first-order chi connectivity index (χ1) is 15.0. The van der Waals surface area contributed by atoms with Crippen molar-refractivity contribution in [2.45, 2.75) is 12.8 Å². The summed E-state index contributed by atoms with van der Waals surface area (Å²) < 4.78 is 16.4. The van der Waals surface area contributed by atoms with Crippen molar-refractivity contribution in [1.82, 2.24) is 0 Å². The largest absolute Gasteiger partial charge is 0.497 e. The van der Waals surface area contributed by atoms with Crippen molar-refractivity contribution in [2.24, 2.45) is 5.73 Å². The molecule has 154 valence electrons. The highest BCUT2D eigenvalue weighted by atomic mass is 16.5. The molecule has 1 aliphatic heterocycles. The minimum Gasteiger partial charge on any atom is -0.497 e. The van der Waals surface area contributed by atoms with E-state index in [0.717, 1.165) is 16.7 Å². The third-order valence-corrected chi connectivity index (χ3v) is 5.14. The molecule has 0 aromatic heterocycles. The first-order valence-electron chi connectivity index (χ1n) is 9.64. The van der Waals surface area contributed by atoms with Crippen LogP contribution in [0, 0.1) is 18.3 Å². The summed E-state index contributed by atoms with van der Waals surface area (Å²) in [5, 5.41) is 9.68. The molecule has 4 rings (SSSR count). The number of aryl methyl sites for hydroxylation is 1. The molecule has 3 aromatic rings. The molecule has 6 heteroatoms. The fourth-order valence-corrected chi connectivity index (χ4v) is 3.49. The zero-order chi connectivity index (χ0) is 22.0. The van der Waals surface area contributed by atoms with E-state index in [9.17, 15) is 10.1 Å². The quantitative estimate of drug-likeness (QED) is 0.503. The first-order valence-corrected chi connectivity index (χ1v) is 9.64. The van der Waals surface area contributed by atoms with Gasteiger partial charge in [0.15, 0.2) is 0 Å². The molecule has 0 saturated heterocycles. The van der Waals surface area contributed by atoms with Crippen molar-refractivity contribution in [3.8, 4) is 23.3 Å². The Morgan fingerprint density at radius 1 is 1.03 bits per heavy atom. The lowest BCUT2D eigenvalue weighted by atomic mass is 9.83. The summed E-state index contributed by atoms with van der Waals surface area (Å²) in [7, 11) is 1.59. The van der Waals surface area contributed by atoms with Gasteiger partial charge in [0.1, 0.15) is 28.9 Å². The van der Waals surface area contributed by atoms with Crippen molar-refractivity contribution in [1.29, 1.82) is 5.26 Å². The van der Waals surface area contributed by atoms with Crippen molar-refractivity contribution in [3.05, 3.63) is 100 Å². The van der Waals surface area contributed by atoms with Crippen LogP contribution in [0.2, 0.25) is 0 Å². The fraction of sp³-hybridized carbons (Fsp3) is 0.120. The van der Waals surface area contributed by atoms with Crippen LogP contribution >= 0.6 is 0 Å². The summed E-state index contributed by atoms with van der Waals surface area (Å²) in [4.78, 5) is 12.5. The topological polar surface area (TPSA) is 94.6 Å². The maximum absolute atomic E-state index is 12.5. The number of allylic oxidation sites excluding steroid dienone is 1. The van der Waals surface area contributed by atoms with Gasteiger partial charge >= 0.3 is 5.97 Å². The van der Waals surface area contributed by atoms with Gasteiger partial charge in [-0.1, -0.05) is 35.9 Å². The summed E-state index contributed by atoms with van der Waals surface area (Å²) in [6, 6.07) is 21.8. The predicted molar refractivity (Wildman–Crippen MR) is 115 cm³/mol. The van der Waals surface area contributed by atoms with Gasteiger partial charge in [0, 0.05) is 11.6 Å². The smallest absolute Gasteiger partial charge is 0.343 e. The molecule has 2 N–H and O–H groups in total. The molecular weight excluding hydrogens is 392 g/mol. The minimum absolute atomic E-state index is 0.0258. The summed E-state index contributed by atoms with van der Waals surface area (Å²) >= 11 is 0. The molecule has 31 heavy (non-hydrogen) atoms. The molecule has 1 unspecified atom stereocenters. The van der Waals surface area contributed by atoms with Gasteiger partial charge in [0.2, 0.25) is 5.88 Å². The Hall–Kier alpha value is -4.24. The second-order valence-electron chi connectivity index (χ2n) is 7.15. The molecule has 0 amide bonds. The van der Waals surface area contributed by atoms with Gasteiger partial charge in [0.25, 0.3) is 0 Å². The second kappa shape index (κ2) is 8.25. The van der Waals surface area contributed by atoms with Crippen LogP contribution in [-0.2, 0) is 0 Å². The first kappa shape index (κ1) is 20.0. The number of nitriles is 1. The number of methoxy groups -OCH3 is 1. The normalized spacial score (nSPS) is 14.8. The highest BCUT2D eigenvalue weighted by Gasteiger charge is 2.31. The number of carbonyl (C=O) groups excluding carboxylic acids is 1. The van der Waals surface area contributed by atoms with Gasteiger partial charge < -0.3 is 19.9 Å². The van der Waals surface area contributed by atoms with Crippen LogP contribution in [0.1, 0.15) is 33.0 Å². The lowest BCUT2D eigenvalue weighted by molar-refractivity contribution is 0.0734. The maximum Gasteiger partial charge on any atom is 0.343 e. The monoisotopic (exact) mass is 412 g/mol. The molecular formula is C25H20N2O4. The Bertz CT molecular complexity index is 1210. The third-order valence-electron chi connectivity index (χ3n) is 5.14. The third kappa shape index (κ3) is 3.94. The van der Waals surface area contributed by atoms with Gasteiger partial charge in [-0.25, -0.2) is 4.79 Å². The van der Waals surface area contributed by atoms with Crippen LogP contribution in [-0.4, -0.2) is 13.1 Å². The number of hydrogen-bond acceptors (Lipinski definition) is 6. The van der Waals surface area contributed by atoms with E-state index < -0.39 is 11.9 Å². The molecule has 0 fully saturated rings. The zero-order valence-corrected chi connectivity index (χ0v) is 17.1. The van der Waals surface area contributed by atoms with Crippen molar-refractivity contribution < 1.29 is 19.0 Å². The SMILES string of the molecule is COc1ccc(C2C(C#N)=C(N)Oc3cc(OC(=O)c4ccc(C)cc4)ccc32)cc1. The summed E-state index contributed by atoms with van der Waals surface area (Å²) in [5.41, 5.74) is 9.50. The molecule has 1 heterocycles. The van der Waals surface area contributed by atoms with Crippen LogP contribution in [0.4, 0.5) is 0 Å². The summed E-state index contributed by atoms with van der Waals surface area (Å²) in [6.45, 7) is 1.95. The average molecular weight is 412 g/mol. The molecule has 0 saturated carbocycles. The Labute approximate surface area is 180 Å². The molecule has 1 aliphatic rings. The van der Waals surface area contributed by atoms with E-state index in [-0.39, 0.29) is 5.88 Å². The Morgan fingerprint density at radius 3 is 2.35 bits per heavy atom. The molecule has 0 spiro atoms. The average Bonchev–Trinajstić information content (AvgIpc) is 2.78. The van der Waals surface area contributed by atoms with Gasteiger partial charge in [0.05, 0.1) is 18.6 Å². The van der Waals surface area contributed by atoms with Gasteiger partial charge in [-0.05, 0) is 42.8 Å². The lowest BCUT2D eigenvalue weighted by Gasteiger charge is -2.26. The van der Waals surface area contributed by atoms with E-state index >= 15 is 0 Å². The number of carbonyl (C=O) groups is 1. The van der Waals surface area contributed by atoms with Gasteiger partial charge in [-0.3, -0.25) is 0 Å². The number of benzene rings is 3. The zero-order valence-electron chi connectivity index (χ0n) is 17.1. The van der Waals surface area contributed by atoms with Crippen LogP contribution < -0.4 is 19.9 Å². The molecule has 0 bridgehead atoms. The van der Waals surface area contributed by atoms with E-state index in [2.05, 4.69) is 6.07 Å². The standard InChI is InChI=1S/C25H20N2O4/c1-15-3-5-17(6-4-15)25(28)30-19-11-12-20-22(13-19)31-24(27)21(14-26)23(20)16-7-9-18(29-2)10-8-16/h3-13,23H,27H2,1-2H3. The number of esters is 1. The van der Waals surface area contributed by atoms with Crippen LogP contribution in [0.15, 0.2) is 78.2 Å². The number of nitrogens with zero attached hydrogens (tertiary/aromatic N) is 1. The van der Waals surface area contributed by atoms with Crippen LogP contribution in [0.5, 0.6) is 17.2 Å². The minimum atomic E-state index is -0.469. The van der Waals surface area contributed by atoms with Crippen LogP contribution in [0.25, 0.3) is 0 Å². The van der Waals surface area contributed by atoms with Gasteiger partial charge in [-0.15, -0.1) is 0 Å². The lowest BCUT2D eigenvalue weighted by Crippen LogP contribution is -2.21. The van der Waals surface area contributed by atoms with Crippen molar-refractivity contribution in [3.63, 3.8) is 0 Å². The number of fused-ring (bicyclic) bond motifs is 1. The van der Waals surface area contributed by atoms with E-state index in [1.165, 1.54) is 0 Å². The molecule has 0 radical (unpaired) electrons. The predicted octanol–water partition coefficient (Wildman–Crippen LogP) is 4.44. The Balaban J connectivity index is 1.67. The van der Waals surface area contributed by atoms with E-state index in [4.69, 9.17) is 19.9 Å². The van der Waals surface area contributed by atoms with Gasteiger partial charge in [-0.2, -0.15) is 5.26 Å². The van der Waals surface area contributed by atoms with E-state index in [1.54, 1.807) is 37.4 Å². The molecule has 6 nitrogen and oxygen atoms in total. The number of ether oxygens (including phenoxy) is 3. The summed E-state index contributed by atoms with van der Waals surface area (Å²) in [5.74, 6) is 0.630. The fourth-order valence-electron chi connectivity index (χ4n) is 3.49. The Kier molecular flexibility index (Phi) is 5.33. The van der Waals surface area contributed by atoms with Crippen molar-refractivity contribution >= 4 is 5.97 Å². The number of hydrogen-bond donors (Lipinski definition) is 1. The summed E-state index contributed by atoms with van der Waals surface area (Å²) in [6.07, 6.45) is 0. The van der Waals surface area contributed by atoms with E-state index in [1.807, 2.05) is 43.3 Å². The maximum atomic E-state index is 12.5. The van der Waals surface area contributed by atoms with E-state index in [0.29, 0.717) is 28.4 Å². The Morgan fingerprint density at radius 2 is 1.71 bits per heavy atom. The number of rotatable bonds is 4. The van der Waals surface area contributed by atoms with Crippen LogP contribution in [0.3, 0.4) is 0 Å². The molecule has 1 atom stereocenters. The highest BCUT2D eigenvalue weighted by molar-refractivity contribution is 5.91. The highest BCUT2D eigenvalue weighted by Crippen LogP contribution is 2.43. The number of nitrogens with two attached hydrogens (primary N) is 1. The molecule has 3 aromatic carbocycles. The van der Waals surface area contributed by atoms with Crippen molar-refractivity contribution in [2.75, 3.05) is 7.11 Å². The molecule has 0 aliphatic carbocycles.